The third-order valence-electron chi connectivity index (χ3n) is 3.51. The van der Waals surface area contributed by atoms with E-state index in [0.717, 1.165) is 11.2 Å². The Bertz CT molecular complexity index is 890. The lowest BCUT2D eigenvalue weighted by Crippen LogP contribution is -2.27. The Morgan fingerprint density at radius 3 is 2.61 bits per heavy atom. The van der Waals surface area contributed by atoms with Crippen molar-refractivity contribution in [3.63, 3.8) is 0 Å². The Kier molecular flexibility index (Phi) is 1.75. The highest BCUT2D eigenvalue weighted by molar-refractivity contribution is 5.94. The van der Waals surface area contributed by atoms with Gasteiger partial charge in [-0.25, -0.2) is 4.57 Å². The molecule has 0 radical (unpaired) electrons. The number of nitrogens with zero attached hydrogens (tertiary/aromatic N) is 3. The molecule has 0 spiro atoms. The molecule has 0 saturated heterocycles. The number of fused-ring (bicyclic) bond motifs is 4. The van der Waals surface area contributed by atoms with Crippen LogP contribution < -0.4 is 4.57 Å². The van der Waals surface area contributed by atoms with E-state index < -0.39 is 0 Å². The Morgan fingerprint density at radius 2 is 1.78 bits per heavy atom. The summed E-state index contributed by atoms with van der Waals surface area (Å²) in [6.07, 6.45) is 1.82. The van der Waals surface area contributed by atoms with Gasteiger partial charge in [0.2, 0.25) is 5.52 Å². The van der Waals surface area contributed by atoms with Crippen molar-refractivity contribution in [1.29, 1.82) is 0 Å². The van der Waals surface area contributed by atoms with E-state index in [1.54, 1.807) is 0 Å². The van der Waals surface area contributed by atoms with Gasteiger partial charge in [0.15, 0.2) is 5.52 Å². The normalized spacial score (nSPS) is 11.6. The predicted molar refractivity (Wildman–Crippen MR) is 71.4 cm³/mol. The van der Waals surface area contributed by atoms with Gasteiger partial charge in [-0.05, 0) is 29.0 Å². The van der Waals surface area contributed by atoms with E-state index >= 15 is 0 Å². The summed E-state index contributed by atoms with van der Waals surface area (Å²) < 4.78 is 4.16. The summed E-state index contributed by atoms with van der Waals surface area (Å²) in [5.41, 5.74) is 3.45. The summed E-state index contributed by atoms with van der Waals surface area (Å²) in [6, 6.07) is 16.9. The summed E-state index contributed by atoms with van der Waals surface area (Å²) >= 11 is 0. The van der Waals surface area contributed by atoms with E-state index in [4.69, 9.17) is 0 Å². The zero-order chi connectivity index (χ0) is 12.1. The van der Waals surface area contributed by atoms with Crippen molar-refractivity contribution >= 4 is 27.5 Å². The number of hydrogen-bond acceptors (Lipinski definition) is 1. The molecule has 2 heterocycles. The van der Waals surface area contributed by atoms with Crippen LogP contribution in [0.15, 0.2) is 54.7 Å². The molecule has 2 aromatic carbocycles. The molecule has 3 heteroatoms. The lowest BCUT2D eigenvalue weighted by atomic mass is 10.1. The Balaban J connectivity index is 2.32. The fourth-order valence-corrected chi connectivity index (χ4v) is 2.58. The van der Waals surface area contributed by atoms with Crippen molar-refractivity contribution in [2.75, 3.05) is 0 Å². The third kappa shape index (κ3) is 1.13. The molecule has 3 nitrogen and oxygen atoms in total. The van der Waals surface area contributed by atoms with Crippen LogP contribution in [0.2, 0.25) is 0 Å². The van der Waals surface area contributed by atoms with Crippen molar-refractivity contribution in [3.8, 4) is 0 Å². The van der Waals surface area contributed by atoms with E-state index in [-0.39, 0.29) is 0 Å². The maximum Gasteiger partial charge on any atom is 0.307 e. The minimum absolute atomic E-state index is 1.10. The number of aryl methyl sites for hydroxylation is 1. The molecule has 0 bridgehead atoms. The molecule has 0 aliphatic heterocycles. The van der Waals surface area contributed by atoms with E-state index in [9.17, 15) is 0 Å². The van der Waals surface area contributed by atoms with Gasteiger partial charge in [-0.2, -0.15) is 0 Å². The van der Waals surface area contributed by atoms with Crippen molar-refractivity contribution in [2.45, 2.75) is 0 Å². The molecule has 0 fully saturated rings. The van der Waals surface area contributed by atoms with Gasteiger partial charge in [0, 0.05) is 6.07 Å². The maximum absolute atomic E-state index is 4.43. The summed E-state index contributed by atoms with van der Waals surface area (Å²) in [4.78, 5) is 0. The molecule has 0 aliphatic carbocycles. The molecule has 0 atom stereocenters. The van der Waals surface area contributed by atoms with Gasteiger partial charge in [-0.3, -0.25) is 0 Å². The number of aromatic nitrogens is 3. The summed E-state index contributed by atoms with van der Waals surface area (Å²) in [7, 11) is 2.08. The van der Waals surface area contributed by atoms with Gasteiger partial charge >= 0.3 is 5.65 Å². The van der Waals surface area contributed by atoms with Crippen molar-refractivity contribution < 1.29 is 4.57 Å². The molecule has 0 saturated carbocycles. The molecule has 4 aromatic rings. The molecule has 0 amide bonds. The smallest absolute Gasteiger partial charge is 0.224 e. The fraction of sp³-hybridized carbons (Fsp3) is 0.0667. The number of benzene rings is 2. The fourth-order valence-electron chi connectivity index (χ4n) is 2.58. The third-order valence-corrected chi connectivity index (χ3v) is 3.51. The molecular formula is C15H12N3+. The van der Waals surface area contributed by atoms with Gasteiger partial charge in [-0.15, -0.1) is 0 Å². The van der Waals surface area contributed by atoms with E-state index in [1.807, 2.05) is 16.8 Å². The second kappa shape index (κ2) is 3.29. The second-order valence-corrected chi connectivity index (χ2v) is 4.54. The Labute approximate surface area is 104 Å². The maximum atomic E-state index is 4.43. The largest absolute Gasteiger partial charge is 0.307 e. The highest BCUT2D eigenvalue weighted by Crippen LogP contribution is 2.21. The quantitative estimate of drug-likeness (QED) is 0.428. The molecule has 2 aromatic heterocycles. The zero-order valence-corrected chi connectivity index (χ0v) is 10.0. The van der Waals surface area contributed by atoms with Crippen LogP contribution in [0.5, 0.6) is 0 Å². The summed E-state index contributed by atoms with van der Waals surface area (Å²) in [5, 5.41) is 6.94. The average Bonchev–Trinajstić information content (AvgIpc) is 2.71. The predicted octanol–water partition coefficient (Wildman–Crippen LogP) is 2.47. The highest BCUT2D eigenvalue weighted by atomic mass is 15.3. The van der Waals surface area contributed by atoms with Gasteiger partial charge < -0.3 is 0 Å². The van der Waals surface area contributed by atoms with Crippen LogP contribution in [-0.4, -0.2) is 9.61 Å². The van der Waals surface area contributed by atoms with Crippen LogP contribution >= 0.6 is 0 Å². The minimum atomic E-state index is 1.10. The van der Waals surface area contributed by atoms with Crippen LogP contribution in [0.25, 0.3) is 27.5 Å². The highest BCUT2D eigenvalue weighted by Gasteiger charge is 2.17. The lowest BCUT2D eigenvalue weighted by molar-refractivity contribution is -0.618. The van der Waals surface area contributed by atoms with Crippen LogP contribution in [-0.2, 0) is 7.05 Å². The van der Waals surface area contributed by atoms with Gasteiger partial charge in [0.25, 0.3) is 0 Å². The van der Waals surface area contributed by atoms with Crippen molar-refractivity contribution in [1.82, 2.24) is 9.61 Å². The zero-order valence-electron chi connectivity index (χ0n) is 10.0. The number of imidazole rings is 1. The first-order valence-corrected chi connectivity index (χ1v) is 5.99. The van der Waals surface area contributed by atoms with Crippen LogP contribution in [0, 0.1) is 0 Å². The van der Waals surface area contributed by atoms with Crippen LogP contribution in [0.4, 0.5) is 0 Å². The molecule has 0 unspecified atom stereocenters. The standard InChI is InChI=1S/C15H12N3/c1-17-13-9-11-5-2-3-6-12(11)10-14(13)18-15(17)7-4-8-16-18/h2-10H,1H3/q+1. The van der Waals surface area contributed by atoms with Crippen LogP contribution in [0.3, 0.4) is 0 Å². The Hall–Kier alpha value is -2.42. The first-order chi connectivity index (χ1) is 8.84. The SMILES string of the molecule is C[n+]1c2cc3ccccc3cc2n2ncccc21. The van der Waals surface area contributed by atoms with Gasteiger partial charge in [0.05, 0.1) is 13.2 Å². The van der Waals surface area contributed by atoms with E-state index in [2.05, 4.69) is 59.2 Å². The molecule has 0 N–H and O–H groups in total. The molecule has 18 heavy (non-hydrogen) atoms. The topological polar surface area (TPSA) is 21.2 Å². The number of rotatable bonds is 0. The van der Waals surface area contributed by atoms with Crippen LogP contribution in [0.1, 0.15) is 0 Å². The minimum Gasteiger partial charge on any atom is -0.224 e. The van der Waals surface area contributed by atoms with E-state index in [1.165, 1.54) is 16.3 Å². The first kappa shape index (κ1) is 9.59. The first-order valence-electron chi connectivity index (χ1n) is 5.99. The van der Waals surface area contributed by atoms with Crippen molar-refractivity contribution in [3.05, 3.63) is 54.7 Å². The molecule has 86 valence electrons. The van der Waals surface area contributed by atoms with Gasteiger partial charge in [0.1, 0.15) is 0 Å². The molecule has 0 aliphatic rings. The monoisotopic (exact) mass is 234 g/mol. The van der Waals surface area contributed by atoms with Crippen molar-refractivity contribution in [2.24, 2.45) is 7.05 Å². The summed E-state index contributed by atoms with van der Waals surface area (Å²) in [5.74, 6) is 0. The average molecular weight is 234 g/mol. The van der Waals surface area contributed by atoms with Gasteiger partial charge in [-0.1, -0.05) is 33.9 Å². The summed E-state index contributed by atoms with van der Waals surface area (Å²) in [6.45, 7) is 0. The molecular weight excluding hydrogens is 222 g/mol. The lowest BCUT2D eigenvalue weighted by Gasteiger charge is -1.95. The second-order valence-electron chi connectivity index (χ2n) is 4.54. The number of hydrogen-bond donors (Lipinski definition) is 0. The van der Waals surface area contributed by atoms with E-state index in [0.29, 0.717) is 0 Å². The molecule has 4 rings (SSSR count). The Morgan fingerprint density at radius 1 is 1.00 bits per heavy atom.